The second kappa shape index (κ2) is 8.10. The highest BCUT2D eigenvalue weighted by Crippen LogP contribution is 2.35. The Balaban J connectivity index is 1.39. The Morgan fingerprint density at radius 3 is 2.81 bits per heavy atom. The summed E-state index contributed by atoms with van der Waals surface area (Å²) in [5, 5.41) is 5.39. The van der Waals surface area contributed by atoms with Crippen molar-refractivity contribution in [2.24, 2.45) is 0 Å². The monoisotopic (exact) mass is 402 g/mol. The average Bonchev–Trinajstić information content (AvgIpc) is 3.13. The predicted octanol–water partition coefficient (Wildman–Crippen LogP) is 3.47. The van der Waals surface area contributed by atoms with Crippen LogP contribution in [0.4, 0.5) is 0 Å². The minimum Gasteiger partial charge on any atom is -0.351 e. The van der Waals surface area contributed by atoms with Crippen molar-refractivity contribution < 1.29 is 4.79 Å². The van der Waals surface area contributed by atoms with Crippen molar-refractivity contribution in [3.05, 3.63) is 40.4 Å². The Kier molecular flexibility index (Phi) is 5.59. The lowest BCUT2D eigenvalue weighted by molar-refractivity contribution is 0.0953. The molecule has 0 radical (unpaired) electrons. The Morgan fingerprint density at radius 1 is 1.22 bits per heavy atom. The summed E-state index contributed by atoms with van der Waals surface area (Å²) in [6.45, 7) is 6.18. The summed E-state index contributed by atoms with van der Waals surface area (Å²) in [7, 11) is 2.16. The first-order valence-electron chi connectivity index (χ1n) is 9.29. The maximum atomic E-state index is 12.6. The van der Waals surface area contributed by atoms with Gasteiger partial charge in [-0.2, -0.15) is 0 Å². The van der Waals surface area contributed by atoms with Crippen LogP contribution in [-0.4, -0.2) is 67.0 Å². The van der Waals surface area contributed by atoms with Crippen molar-refractivity contribution in [2.45, 2.75) is 6.42 Å². The van der Waals surface area contributed by atoms with Crippen LogP contribution in [0.2, 0.25) is 5.15 Å². The molecule has 0 unspecified atom stereocenters. The van der Waals surface area contributed by atoms with E-state index < -0.39 is 0 Å². The van der Waals surface area contributed by atoms with E-state index in [4.69, 9.17) is 11.6 Å². The molecule has 142 valence electrons. The largest absolute Gasteiger partial charge is 0.351 e. The highest BCUT2D eigenvalue weighted by molar-refractivity contribution is 7.21. The number of piperazine rings is 1. The lowest BCUT2D eigenvalue weighted by Crippen LogP contribution is -2.45. The van der Waals surface area contributed by atoms with Gasteiger partial charge in [0.1, 0.15) is 5.15 Å². The molecule has 1 saturated heterocycles. The number of halogens is 1. The number of hydrogen-bond donors (Lipinski definition) is 1. The molecular formula is C20H23ClN4OS. The van der Waals surface area contributed by atoms with Crippen molar-refractivity contribution >= 4 is 49.8 Å². The van der Waals surface area contributed by atoms with Gasteiger partial charge in [0.2, 0.25) is 0 Å². The summed E-state index contributed by atoms with van der Waals surface area (Å²) >= 11 is 7.81. The SMILES string of the molecule is CN1CCN(CCCNC(=O)c2cc3c(Cl)nc4ccccc4c3s2)CC1. The van der Waals surface area contributed by atoms with Gasteiger partial charge < -0.3 is 15.1 Å². The summed E-state index contributed by atoms with van der Waals surface area (Å²) in [6.07, 6.45) is 0.964. The Hall–Kier alpha value is -1.73. The van der Waals surface area contributed by atoms with Crippen LogP contribution in [0.3, 0.4) is 0 Å². The molecule has 0 aliphatic carbocycles. The average molecular weight is 403 g/mol. The van der Waals surface area contributed by atoms with Crippen molar-refractivity contribution in [3.63, 3.8) is 0 Å². The van der Waals surface area contributed by atoms with Gasteiger partial charge in [-0.3, -0.25) is 4.79 Å². The fourth-order valence-corrected chi connectivity index (χ4v) is 4.85. The van der Waals surface area contributed by atoms with Crippen molar-refractivity contribution in [2.75, 3.05) is 46.3 Å². The molecule has 1 amide bonds. The van der Waals surface area contributed by atoms with Gasteiger partial charge in [0, 0.05) is 48.2 Å². The van der Waals surface area contributed by atoms with E-state index in [0.29, 0.717) is 16.6 Å². The number of nitrogens with zero attached hydrogens (tertiary/aromatic N) is 3. The van der Waals surface area contributed by atoms with Crippen LogP contribution in [0.15, 0.2) is 30.3 Å². The second-order valence-electron chi connectivity index (χ2n) is 7.03. The van der Waals surface area contributed by atoms with E-state index in [0.717, 1.165) is 60.1 Å². The summed E-state index contributed by atoms with van der Waals surface area (Å²) in [5.41, 5.74) is 0.857. The number of likely N-dealkylation sites (N-methyl/N-ethyl adjacent to an activating group) is 1. The molecule has 0 bridgehead atoms. The van der Waals surface area contributed by atoms with Gasteiger partial charge in [0.25, 0.3) is 5.91 Å². The van der Waals surface area contributed by atoms with Crippen LogP contribution < -0.4 is 5.32 Å². The molecule has 3 aromatic rings. The van der Waals surface area contributed by atoms with Gasteiger partial charge in [-0.25, -0.2) is 4.98 Å². The lowest BCUT2D eigenvalue weighted by atomic mass is 10.2. The summed E-state index contributed by atoms with van der Waals surface area (Å²) in [4.78, 5) is 22.5. The molecular weight excluding hydrogens is 380 g/mol. The number of rotatable bonds is 5. The minimum atomic E-state index is -0.0327. The molecule has 1 fully saturated rings. The second-order valence-corrected chi connectivity index (χ2v) is 8.44. The zero-order valence-corrected chi connectivity index (χ0v) is 16.9. The van der Waals surface area contributed by atoms with Crippen LogP contribution in [0.5, 0.6) is 0 Å². The van der Waals surface area contributed by atoms with Crippen molar-refractivity contribution in [3.8, 4) is 0 Å². The Morgan fingerprint density at radius 2 is 2.00 bits per heavy atom. The molecule has 27 heavy (non-hydrogen) atoms. The number of fused-ring (bicyclic) bond motifs is 3. The van der Waals surface area contributed by atoms with Crippen molar-refractivity contribution in [1.82, 2.24) is 20.1 Å². The van der Waals surface area contributed by atoms with E-state index in [2.05, 4.69) is 27.1 Å². The number of aromatic nitrogens is 1. The van der Waals surface area contributed by atoms with Gasteiger partial charge in [-0.1, -0.05) is 29.8 Å². The summed E-state index contributed by atoms with van der Waals surface area (Å²) < 4.78 is 1.02. The molecule has 1 aliphatic rings. The van der Waals surface area contributed by atoms with Crippen molar-refractivity contribution in [1.29, 1.82) is 0 Å². The van der Waals surface area contributed by atoms with Crippen LogP contribution in [0.25, 0.3) is 21.0 Å². The minimum absolute atomic E-state index is 0.0327. The maximum Gasteiger partial charge on any atom is 0.261 e. The smallest absolute Gasteiger partial charge is 0.261 e. The molecule has 3 heterocycles. The number of nitrogens with one attached hydrogen (secondary N) is 1. The van der Waals surface area contributed by atoms with Crippen LogP contribution >= 0.6 is 22.9 Å². The molecule has 1 N–H and O–H groups in total. The van der Waals surface area contributed by atoms with Crippen LogP contribution in [0, 0.1) is 0 Å². The fourth-order valence-electron chi connectivity index (χ4n) is 3.45. The predicted molar refractivity (Wildman–Crippen MR) is 113 cm³/mol. The van der Waals surface area contributed by atoms with Gasteiger partial charge in [0.15, 0.2) is 0 Å². The lowest BCUT2D eigenvalue weighted by Gasteiger charge is -2.32. The van der Waals surface area contributed by atoms with Gasteiger partial charge in [0.05, 0.1) is 10.4 Å². The van der Waals surface area contributed by atoms with E-state index in [1.54, 1.807) is 0 Å². The number of carbonyl (C=O) groups is 1. The molecule has 4 rings (SSSR count). The van der Waals surface area contributed by atoms with E-state index in [9.17, 15) is 4.79 Å². The standard InChI is InChI=1S/C20H23ClN4OS/c1-24-9-11-25(12-10-24)8-4-7-22-20(26)17-13-15-18(27-17)14-5-2-3-6-16(14)23-19(15)21/h2-3,5-6,13H,4,7-12H2,1H3,(H,22,26). The summed E-state index contributed by atoms with van der Waals surface area (Å²) in [6, 6.07) is 9.75. The van der Waals surface area contributed by atoms with Gasteiger partial charge in [-0.15, -0.1) is 11.3 Å². The third kappa shape index (κ3) is 4.09. The number of pyridine rings is 1. The molecule has 2 aromatic heterocycles. The highest BCUT2D eigenvalue weighted by Gasteiger charge is 2.16. The number of para-hydroxylation sites is 1. The number of amides is 1. The van der Waals surface area contributed by atoms with Crippen LogP contribution in [0.1, 0.15) is 16.1 Å². The first kappa shape index (κ1) is 18.6. The first-order valence-corrected chi connectivity index (χ1v) is 10.5. The number of thiophene rings is 1. The molecule has 1 aliphatic heterocycles. The molecule has 5 nitrogen and oxygen atoms in total. The highest BCUT2D eigenvalue weighted by atomic mass is 35.5. The number of carbonyl (C=O) groups excluding carboxylic acids is 1. The quantitative estimate of drug-likeness (QED) is 0.524. The fraction of sp³-hybridized carbons (Fsp3) is 0.400. The molecule has 1 aromatic carbocycles. The third-order valence-electron chi connectivity index (χ3n) is 5.08. The first-order chi connectivity index (χ1) is 13.1. The topological polar surface area (TPSA) is 48.5 Å². The van der Waals surface area contributed by atoms with E-state index in [1.807, 2.05) is 30.3 Å². The van der Waals surface area contributed by atoms with E-state index >= 15 is 0 Å². The van der Waals surface area contributed by atoms with Gasteiger partial charge in [-0.05, 0) is 32.1 Å². The molecule has 0 saturated carbocycles. The third-order valence-corrected chi connectivity index (χ3v) is 6.53. The number of benzene rings is 1. The Bertz CT molecular complexity index is 965. The zero-order valence-electron chi connectivity index (χ0n) is 15.4. The van der Waals surface area contributed by atoms with E-state index in [-0.39, 0.29) is 5.91 Å². The van der Waals surface area contributed by atoms with Crippen LogP contribution in [-0.2, 0) is 0 Å². The maximum absolute atomic E-state index is 12.6. The van der Waals surface area contributed by atoms with Gasteiger partial charge >= 0.3 is 0 Å². The van der Waals surface area contributed by atoms with E-state index in [1.165, 1.54) is 11.3 Å². The number of hydrogen-bond acceptors (Lipinski definition) is 5. The zero-order chi connectivity index (χ0) is 18.8. The molecule has 7 heteroatoms. The molecule has 0 spiro atoms. The Labute approximate surface area is 167 Å². The molecule has 0 atom stereocenters. The normalized spacial score (nSPS) is 16.2. The summed E-state index contributed by atoms with van der Waals surface area (Å²) in [5.74, 6) is -0.0327.